The van der Waals surface area contributed by atoms with Crippen LogP contribution in [0.3, 0.4) is 0 Å². The smallest absolute Gasteiger partial charge is 0.0483 e. The highest BCUT2D eigenvalue weighted by atomic mass is 16.5. The summed E-state index contributed by atoms with van der Waals surface area (Å²) in [4.78, 5) is 0. The molecule has 1 fully saturated rings. The Kier molecular flexibility index (Phi) is 4.36. The molecule has 0 radical (unpaired) electrons. The lowest BCUT2D eigenvalue weighted by Gasteiger charge is -2.27. The van der Waals surface area contributed by atoms with Crippen molar-refractivity contribution in [3.63, 3.8) is 0 Å². The second-order valence-corrected chi connectivity index (χ2v) is 4.64. The number of hydrazine groups is 1. The van der Waals surface area contributed by atoms with Crippen molar-refractivity contribution in [2.24, 2.45) is 11.8 Å². The van der Waals surface area contributed by atoms with Gasteiger partial charge in [-0.25, -0.2) is 0 Å². The van der Waals surface area contributed by atoms with Crippen molar-refractivity contribution in [2.45, 2.75) is 25.3 Å². The minimum Gasteiger partial charge on any atom is -0.398 e. The summed E-state index contributed by atoms with van der Waals surface area (Å²) < 4.78 is 5.37. The van der Waals surface area contributed by atoms with Gasteiger partial charge in [-0.05, 0) is 36.8 Å². The van der Waals surface area contributed by atoms with Crippen LogP contribution in [0.1, 0.15) is 30.9 Å². The molecule has 1 unspecified atom stereocenters. The molecule has 1 aliphatic heterocycles. The number of hydrogen-bond donors (Lipinski definition) is 3. The standard InChI is InChI=1S/C13H21N3O/c14-12-4-2-1-3-11(12)13(16-15)9-10-5-7-17-8-6-10/h1-4,10,13,16H,5-9,14-15H2. The third-order valence-corrected chi connectivity index (χ3v) is 3.48. The van der Waals surface area contributed by atoms with E-state index in [2.05, 4.69) is 5.43 Å². The van der Waals surface area contributed by atoms with Crippen molar-refractivity contribution < 1.29 is 4.74 Å². The highest BCUT2D eigenvalue weighted by Crippen LogP contribution is 2.29. The molecule has 1 saturated heterocycles. The van der Waals surface area contributed by atoms with E-state index in [0.29, 0.717) is 5.92 Å². The Bertz CT molecular complexity index is 350. The molecule has 1 aliphatic rings. The largest absolute Gasteiger partial charge is 0.398 e. The van der Waals surface area contributed by atoms with Crippen LogP contribution in [0.4, 0.5) is 5.69 Å². The lowest BCUT2D eigenvalue weighted by atomic mass is 9.89. The Morgan fingerprint density at radius 1 is 1.29 bits per heavy atom. The summed E-state index contributed by atoms with van der Waals surface area (Å²) in [5.74, 6) is 6.32. The van der Waals surface area contributed by atoms with Gasteiger partial charge in [0.05, 0.1) is 0 Å². The van der Waals surface area contributed by atoms with Crippen LogP contribution in [-0.2, 0) is 4.74 Å². The molecule has 5 N–H and O–H groups in total. The molecular formula is C13H21N3O. The van der Waals surface area contributed by atoms with Crippen LogP contribution in [0.15, 0.2) is 24.3 Å². The highest BCUT2D eigenvalue weighted by Gasteiger charge is 2.20. The maximum absolute atomic E-state index is 5.98. The number of benzene rings is 1. The zero-order valence-corrected chi connectivity index (χ0v) is 10.1. The number of nitrogens with two attached hydrogens (primary N) is 2. The topological polar surface area (TPSA) is 73.3 Å². The number of para-hydroxylation sites is 1. The Morgan fingerprint density at radius 3 is 2.65 bits per heavy atom. The summed E-state index contributed by atoms with van der Waals surface area (Å²) in [6.07, 6.45) is 3.25. The number of rotatable bonds is 4. The SMILES string of the molecule is NNC(CC1CCOCC1)c1ccccc1N. The van der Waals surface area contributed by atoms with Gasteiger partial charge in [0.15, 0.2) is 0 Å². The third-order valence-electron chi connectivity index (χ3n) is 3.48. The van der Waals surface area contributed by atoms with E-state index in [1.165, 1.54) is 0 Å². The molecule has 4 nitrogen and oxygen atoms in total. The Morgan fingerprint density at radius 2 is 2.00 bits per heavy atom. The van der Waals surface area contributed by atoms with Crippen molar-refractivity contribution in [1.82, 2.24) is 5.43 Å². The Labute approximate surface area is 102 Å². The van der Waals surface area contributed by atoms with Crippen LogP contribution in [0, 0.1) is 5.92 Å². The molecule has 17 heavy (non-hydrogen) atoms. The van der Waals surface area contributed by atoms with Gasteiger partial charge in [0, 0.05) is 24.9 Å². The van der Waals surface area contributed by atoms with Gasteiger partial charge >= 0.3 is 0 Å². The summed E-state index contributed by atoms with van der Waals surface area (Å²) in [6.45, 7) is 1.73. The summed E-state index contributed by atoms with van der Waals surface area (Å²) in [6, 6.07) is 8.04. The predicted octanol–water partition coefficient (Wildman–Crippen LogP) is 1.59. The maximum atomic E-state index is 5.98. The van der Waals surface area contributed by atoms with Gasteiger partial charge in [-0.3, -0.25) is 11.3 Å². The first-order chi connectivity index (χ1) is 8.31. The van der Waals surface area contributed by atoms with Crippen molar-refractivity contribution in [3.8, 4) is 0 Å². The molecule has 0 spiro atoms. The van der Waals surface area contributed by atoms with E-state index in [9.17, 15) is 0 Å². The molecule has 0 aromatic heterocycles. The van der Waals surface area contributed by atoms with Gasteiger partial charge in [-0.1, -0.05) is 18.2 Å². The van der Waals surface area contributed by atoms with Crippen LogP contribution < -0.4 is 17.0 Å². The molecule has 0 bridgehead atoms. The zero-order chi connectivity index (χ0) is 12.1. The number of nitrogen functional groups attached to an aromatic ring is 1. The number of hydrogen-bond acceptors (Lipinski definition) is 4. The van der Waals surface area contributed by atoms with Gasteiger partial charge in [0.2, 0.25) is 0 Å². The van der Waals surface area contributed by atoms with Crippen LogP contribution >= 0.6 is 0 Å². The monoisotopic (exact) mass is 235 g/mol. The van der Waals surface area contributed by atoms with Gasteiger partial charge in [-0.2, -0.15) is 0 Å². The van der Waals surface area contributed by atoms with Crippen molar-refractivity contribution >= 4 is 5.69 Å². The minimum absolute atomic E-state index is 0.138. The highest BCUT2D eigenvalue weighted by molar-refractivity contribution is 5.48. The maximum Gasteiger partial charge on any atom is 0.0483 e. The van der Waals surface area contributed by atoms with Gasteiger partial charge < -0.3 is 10.5 Å². The van der Waals surface area contributed by atoms with E-state index in [-0.39, 0.29) is 6.04 Å². The fraction of sp³-hybridized carbons (Fsp3) is 0.538. The molecule has 1 atom stereocenters. The average Bonchev–Trinajstić information content (AvgIpc) is 2.38. The van der Waals surface area contributed by atoms with Crippen molar-refractivity contribution in [2.75, 3.05) is 18.9 Å². The third kappa shape index (κ3) is 3.19. The molecule has 2 rings (SSSR count). The Hall–Kier alpha value is -1.10. The van der Waals surface area contributed by atoms with E-state index >= 15 is 0 Å². The molecule has 4 heteroatoms. The van der Waals surface area contributed by atoms with Gasteiger partial charge in [-0.15, -0.1) is 0 Å². The normalized spacial score (nSPS) is 19.1. The summed E-state index contributed by atoms with van der Waals surface area (Å²) >= 11 is 0. The lowest BCUT2D eigenvalue weighted by Crippen LogP contribution is -2.31. The Balaban J connectivity index is 2.03. The quantitative estimate of drug-likeness (QED) is 0.421. The van der Waals surface area contributed by atoms with E-state index in [4.69, 9.17) is 16.3 Å². The summed E-state index contributed by atoms with van der Waals surface area (Å²) in [5, 5.41) is 0. The van der Waals surface area contributed by atoms with E-state index in [1.54, 1.807) is 0 Å². The lowest BCUT2D eigenvalue weighted by molar-refractivity contribution is 0.0605. The minimum atomic E-state index is 0.138. The molecule has 94 valence electrons. The van der Waals surface area contributed by atoms with Crippen LogP contribution in [0.2, 0.25) is 0 Å². The second-order valence-electron chi connectivity index (χ2n) is 4.64. The molecular weight excluding hydrogens is 214 g/mol. The zero-order valence-electron chi connectivity index (χ0n) is 10.1. The predicted molar refractivity (Wildman–Crippen MR) is 69.1 cm³/mol. The van der Waals surface area contributed by atoms with Gasteiger partial charge in [0.25, 0.3) is 0 Å². The molecule has 0 saturated carbocycles. The van der Waals surface area contributed by atoms with Crippen LogP contribution in [-0.4, -0.2) is 13.2 Å². The summed E-state index contributed by atoms with van der Waals surface area (Å²) in [5.41, 5.74) is 10.8. The van der Waals surface area contributed by atoms with Crippen LogP contribution in [0.5, 0.6) is 0 Å². The van der Waals surface area contributed by atoms with E-state index in [1.807, 2.05) is 24.3 Å². The molecule has 1 aromatic carbocycles. The molecule has 1 heterocycles. The van der Waals surface area contributed by atoms with Gasteiger partial charge in [0.1, 0.15) is 0 Å². The number of anilines is 1. The van der Waals surface area contributed by atoms with Crippen molar-refractivity contribution in [1.29, 1.82) is 0 Å². The second kappa shape index (κ2) is 6.00. The molecule has 0 aliphatic carbocycles. The fourth-order valence-electron chi connectivity index (χ4n) is 2.43. The van der Waals surface area contributed by atoms with Crippen LogP contribution in [0.25, 0.3) is 0 Å². The molecule has 0 amide bonds. The first kappa shape index (κ1) is 12.4. The van der Waals surface area contributed by atoms with Crippen molar-refractivity contribution in [3.05, 3.63) is 29.8 Å². The van der Waals surface area contributed by atoms with E-state index < -0.39 is 0 Å². The number of ether oxygens (including phenoxy) is 1. The molecule has 1 aromatic rings. The first-order valence-corrected chi connectivity index (χ1v) is 6.19. The first-order valence-electron chi connectivity index (χ1n) is 6.19. The summed E-state index contributed by atoms with van der Waals surface area (Å²) in [7, 11) is 0. The fourth-order valence-corrected chi connectivity index (χ4v) is 2.43. The van der Waals surface area contributed by atoms with E-state index in [0.717, 1.165) is 43.7 Å². The number of nitrogens with one attached hydrogen (secondary N) is 1. The average molecular weight is 235 g/mol.